The third kappa shape index (κ3) is 6.22. The van der Waals surface area contributed by atoms with E-state index < -0.39 is 12.2 Å². The second-order valence-electron chi connectivity index (χ2n) is 9.71. The summed E-state index contributed by atoms with van der Waals surface area (Å²) in [5, 5.41) is 28.8. The van der Waals surface area contributed by atoms with Gasteiger partial charge in [0.05, 0.1) is 12.7 Å². The second-order valence-corrected chi connectivity index (χ2v) is 9.71. The van der Waals surface area contributed by atoms with E-state index in [0.717, 1.165) is 29.7 Å². The Morgan fingerprint density at radius 3 is 2.03 bits per heavy atom. The van der Waals surface area contributed by atoms with E-state index in [9.17, 15) is 10.2 Å². The molecule has 2 aromatic carbocycles. The molecule has 0 aliphatic carbocycles. The summed E-state index contributed by atoms with van der Waals surface area (Å²) in [7, 11) is 0. The first-order chi connectivity index (χ1) is 15.1. The summed E-state index contributed by atoms with van der Waals surface area (Å²) in [5.41, 5.74) is 4.29. The predicted molar refractivity (Wildman–Crippen MR) is 132 cm³/mol. The van der Waals surface area contributed by atoms with Crippen LogP contribution in [-0.2, 0) is 5.41 Å². The van der Waals surface area contributed by atoms with Gasteiger partial charge in [0.15, 0.2) is 0 Å². The van der Waals surface area contributed by atoms with E-state index >= 15 is 0 Å². The van der Waals surface area contributed by atoms with Crippen molar-refractivity contribution in [1.29, 1.82) is 0 Å². The minimum Gasteiger partial charge on any atom is -0.491 e. The minimum absolute atomic E-state index is 0.0717. The molecule has 2 atom stereocenters. The van der Waals surface area contributed by atoms with E-state index in [1.807, 2.05) is 45.9 Å². The minimum atomic E-state index is -0.878. The zero-order chi connectivity index (χ0) is 23.9. The number of rotatable bonds is 10. The third-order valence-electron chi connectivity index (χ3n) is 6.40. The summed E-state index contributed by atoms with van der Waals surface area (Å²) >= 11 is 0. The van der Waals surface area contributed by atoms with Crippen LogP contribution in [-0.4, -0.2) is 40.7 Å². The van der Waals surface area contributed by atoms with Crippen LogP contribution in [0.1, 0.15) is 69.7 Å². The molecule has 176 valence electrons. The van der Waals surface area contributed by atoms with E-state index in [1.165, 1.54) is 11.1 Å². The van der Waals surface area contributed by atoms with Crippen molar-refractivity contribution >= 4 is 6.08 Å². The molecule has 2 unspecified atom stereocenters. The van der Waals surface area contributed by atoms with Crippen molar-refractivity contribution in [3.05, 3.63) is 70.8 Å². The molecule has 2 rings (SSSR count). The fraction of sp³-hybridized carbons (Fsp3) is 0.500. The number of aliphatic hydroxyl groups excluding tert-OH is 3. The molecular weight excluding hydrogens is 400 g/mol. The third-order valence-corrected chi connectivity index (χ3v) is 6.40. The normalized spacial score (nSPS) is 14.5. The molecule has 4 nitrogen and oxygen atoms in total. The largest absolute Gasteiger partial charge is 0.491 e. The summed E-state index contributed by atoms with van der Waals surface area (Å²) in [6.07, 6.45) is 4.40. The number of ether oxygens (including phenoxy) is 1. The number of aliphatic hydroxyl groups is 3. The molecule has 0 aromatic heterocycles. The second kappa shape index (κ2) is 11.1. The highest BCUT2D eigenvalue weighted by atomic mass is 16.5. The summed E-state index contributed by atoms with van der Waals surface area (Å²) in [5.74, 6) is 0.722. The Morgan fingerprint density at radius 2 is 1.53 bits per heavy atom. The quantitative estimate of drug-likeness (QED) is 0.472. The highest BCUT2D eigenvalue weighted by Crippen LogP contribution is 2.40. The monoisotopic (exact) mass is 440 g/mol. The van der Waals surface area contributed by atoms with Gasteiger partial charge >= 0.3 is 0 Å². The lowest BCUT2D eigenvalue weighted by molar-refractivity contribution is 0.0534. The Labute approximate surface area is 193 Å². The maximum Gasteiger partial charge on any atom is 0.122 e. The van der Waals surface area contributed by atoms with Crippen molar-refractivity contribution in [1.82, 2.24) is 0 Å². The molecule has 0 saturated heterocycles. The highest BCUT2D eigenvalue weighted by Gasteiger charge is 2.31. The predicted octanol–water partition coefficient (Wildman–Crippen LogP) is 5.25. The van der Waals surface area contributed by atoms with Gasteiger partial charge in [0.25, 0.3) is 0 Å². The van der Waals surface area contributed by atoms with Crippen LogP contribution in [0.5, 0.6) is 5.75 Å². The first kappa shape index (κ1) is 26.1. The number of hydrogen-bond donors (Lipinski definition) is 3. The highest BCUT2D eigenvalue weighted by molar-refractivity contribution is 5.53. The average Bonchev–Trinajstić information content (AvgIpc) is 2.77. The van der Waals surface area contributed by atoms with E-state index in [0.29, 0.717) is 0 Å². The van der Waals surface area contributed by atoms with Crippen LogP contribution in [0.15, 0.2) is 48.5 Å². The van der Waals surface area contributed by atoms with Crippen LogP contribution in [0.4, 0.5) is 0 Å². The molecule has 0 saturated carbocycles. The van der Waals surface area contributed by atoms with Crippen molar-refractivity contribution in [3.8, 4) is 5.75 Å². The molecular formula is C28H40O4. The molecule has 0 heterocycles. The van der Waals surface area contributed by atoms with Gasteiger partial charge in [0, 0.05) is 5.41 Å². The number of benzene rings is 2. The van der Waals surface area contributed by atoms with Gasteiger partial charge < -0.3 is 20.1 Å². The van der Waals surface area contributed by atoms with Gasteiger partial charge in [-0.05, 0) is 53.5 Å². The molecule has 0 aliphatic rings. The van der Waals surface area contributed by atoms with E-state index in [1.54, 1.807) is 0 Å². The Kier molecular flexibility index (Phi) is 9.08. The van der Waals surface area contributed by atoms with E-state index in [2.05, 4.69) is 50.2 Å². The topological polar surface area (TPSA) is 69.9 Å². The number of aryl methyl sites for hydroxylation is 1. The van der Waals surface area contributed by atoms with Gasteiger partial charge in [-0.15, -0.1) is 0 Å². The molecule has 4 heteroatoms. The first-order valence-electron chi connectivity index (χ1n) is 11.6. The molecule has 0 bridgehead atoms. The summed E-state index contributed by atoms with van der Waals surface area (Å²) in [4.78, 5) is 0. The summed E-state index contributed by atoms with van der Waals surface area (Å²) in [6, 6.07) is 14.8. The van der Waals surface area contributed by atoms with Gasteiger partial charge in [-0.3, -0.25) is 0 Å². The molecule has 0 radical (unpaired) electrons. The Morgan fingerprint density at radius 1 is 0.938 bits per heavy atom. The molecule has 0 fully saturated rings. The molecule has 0 aliphatic heterocycles. The van der Waals surface area contributed by atoms with Gasteiger partial charge in [0.1, 0.15) is 18.5 Å². The van der Waals surface area contributed by atoms with Crippen molar-refractivity contribution in [2.45, 2.75) is 72.0 Å². The Bertz CT molecular complexity index is 873. The Hall–Kier alpha value is -2.14. The van der Waals surface area contributed by atoms with Crippen LogP contribution < -0.4 is 4.74 Å². The van der Waals surface area contributed by atoms with Gasteiger partial charge in [-0.25, -0.2) is 0 Å². The fourth-order valence-corrected chi connectivity index (χ4v) is 3.99. The zero-order valence-electron chi connectivity index (χ0n) is 20.4. The van der Waals surface area contributed by atoms with Gasteiger partial charge in [0.2, 0.25) is 0 Å². The van der Waals surface area contributed by atoms with E-state index in [4.69, 9.17) is 9.84 Å². The van der Waals surface area contributed by atoms with Crippen molar-refractivity contribution in [2.24, 2.45) is 5.41 Å². The lowest BCUT2D eigenvalue weighted by atomic mass is 9.70. The van der Waals surface area contributed by atoms with Crippen LogP contribution in [0.2, 0.25) is 0 Å². The molecule has 0 amide bonds. The van der Waals surface area contributed by atoms with Crippen LogP contribution in [0.3, 0.4) is 0 Å². The van der Waals surface area contributed by atoms with Gasteiger partial charge in [-0.1, -0.05) is 83.2 Å². The van der Waals surface area contributed by atoms with Gasteiger partial charge in [-0.2, -0.15) is 0 Å². The lowest BCUT2D eigenvalue weighted by Gasteiger charge is -2.34. The lowest BCUT2D eigenvalue weighted by Crippen LogP contribution is -2.26. The van der Waals surface area contributed by atoms with E-state index in [-0.39, 0.29) is 24.0 Å². The van der Waals surface area contributed by atoms with Crippen LogP contribution >= 0.6 is 0 Å². The molecule has 2 aromatic rings. The average molecular weight is 441 g/mol. The first-order valence-corrected chi connectivity index (χ1v) is 11.6. The fourth-order valence-electron chi connectivity index (χ4n) is 3.99. The van der Waals surface area contributed by atoms with Crippen molar-refractivity contribution in [2.75, 3.05) is 13.2 Å². The molecule has 3 N–H and O–H groups in total. The maximum atomic E-state index is 10.3. The zero-order valence-corrected chi connectivity index (χ0v) is 20.4. The standard InChI is InChI=1S/C28H40O4/c1-7-28(8-2,23-14-15-25(20(3)17-23)32-19-24(30)18-29)22-12-9-21(10-13-22)11-16-26(31)27(4,5)6/h9-17,24,26,29-31H,7-8,18-19H2,1-6H3. The summed E-state index contributed by atoms with van der Waals surface area (Å²) < 4.78 is 5.68. The van der Waals surface area contributed by atoms with Crippen molar-refractivity contribution < 1.29 is 20.1 Å². The molecule has 0 spiro atoms. The van der Waals surface area contributed by atoms with Crippen LogP contribution in [0, 0.1) is 12.3 Å². The SMILES string of the molecule is CCC(CC)(c1ccc(C=CC(O)C(C)(C)C)cc1)c1ccc(OCC(O)CO)c(C)c1. The van der Waals surface area contributed by atoms with Crippen LogP contribution in [0.25, 0.3) is 6.08 Å². The van der Waals surface area contributed by atoms with Crippen molar-refractivity contribution in [3.63, 3.8) is 0 Å². The smallest absolute Gasteiger partial charge is 0.122 e. The Balaban J connectivity index is 2.30. The summed E-state index contributed by atoms with van der Waals surface area (Å²) in [6.45, 7) is 12.3. The maximum absolute atomic E-state index is 10.3. The number of hydrogen-bond acceptors (Lipinski definition) is 4. The molecule has 32 heavy (non-hydrogen) atoms.